The van der Waals surface area contributed by atoms with Crippen molar-refractivity contribution in [2.24, 2.45) is 0 Å². The Labute approximate surface area is 85.9 Å². The number of pyridine rings is 1. The molecule has 3 rings (SSSR count). The predicted octanol–water partition coefficient (Wildman–Crippen LogP) is 1.32. The number of aromatic nitrogens is 2. The first-order valence-electron chi connectivity index (χ1n) is 4.79. The Morgan fingerprint density at radius 3 is 3.20 bits per heavy atom. The van der Waals surface area contributed by atoms with Crippen LogP contribution in [0.25, 0.3) is 11.0 Å². The number of rotatable bonds is 0. The molecule has 0 bridgehead atoms. The van der Waals surface area contributed by atoms with Crippen molar-refractivity contribution in [3.05, 3.63) is 18.5 Å². The number of hydrogen-bond donors (Lipinski definition) is 3. The third-order valence-electron chi connectivity index (χ3n) is 2.60. The quantitative estimate of drug-likeness (QED) is 0.603. The monoisotopic (exact) mass is 202 g/mol. The van der Waals surface area contributed by atoms with E-state index < -0.39 is 0 Å². The number of aromatic amines is 1. The van der Waals surface area contributed by atoms with E-state index in [-0.39, 0.29) is 11.9 Å². The zero-order chi connectivity index (χ0) is 10.4. The van der Waals surface area contributed by atoms with Crippen LogP contribution in [0.3, 0.4) is 0 Å². The standard InChI is InChI=1S/C10H10N4O/c1-5-10(15)14-7-4-12-9-6(2-3-11-9)8(7)13-5/h2-5,13H,1H3,(H,11,12)(H,14,15). The van der Waals surface area contributed by atoms with Crippen molar-refractivity contribution in [1.29, 1.82) is 0 Å². The molecule has 76 valence electrons. The van der Waals surface area contributed by atoms with Crippen molar-refractivity contribution in [3.8, 4) is 0 Å². The molecular weight excluding hydrogens is 192 g/mol. The highest BCUT2D eigenvalue weighted by atomic mass is 16.2. The predicted molar refractivity (Wildman–Crippen MR) is 57.8 cm³/mol. The first-order chi connectivity index (χ1) is 7.25. The third kappa shape index (κ3) is 1.09. The third-order valence-corrected chi connectivity index (χ3v) is 2.60. The van der Waals surface area contributed by atoms with Crippen molar-refractivity contribution in [2.45, 2.75) is 13.0 Å². The molecule has 0 radical (unpaired) electrons. The molecule has 0 saturated heterocycles. The lowest BCUT2D eigenvalue weighted by Gasteiger charge is -2.24. The van der Waals surface area contributed by atoms with Crippen LogP contribution in [-0.4, -0.2) is 21.9 Å². The Morgan fingerprint density at radius 1 is 1.47 bits per heavy atom. The van der Waals surface area contributed by atoms with Crippen LogP contribution in [0.15, 0.2) is 18.5 Å². The maximum absolute atomic E-state index is 11.4. The van der Waals surface area contributed by atoms with Gasteiger partial charge in [0.05, 0.1) is 17.6 Å². The number of hydrogen-bond acceptors (Lipinski definition) is 3. The molecule has 0 saturated carbocycles. The highest BCUT2D eigenvalue weighted by molar-refractivity contribution is 6.08. The van der Waals surface area contributed by atoms with Crippen molar-refractivity contribution in [2.75, 3.05) is 10.6 Å². The highest BCUT2D eigenvalue weighted by Gasteiger charge is 2.23. The van der Waals surface area contributed by atoms with Gasteiger partial charge in [0.25, 0.3) is 0 Å². The Kier molecular flexibility index (Phi) is 1.50. The lowest BCUT2D eigenvalue weighted by atomic mass is 10.1. The minimum Gasteiger partial charge on any atom is -0.372 e. The summed E-state index contributed by atoms with van der Waals surface area (Å²) in [4.78, 5) is 18.7. The van der Waals surface area contributed by atoms with E-state index in [1.54, 1.807) is 6.20 Å². The molecule has 0 aliphatic carbocycles. The molecule has 5 nitrogen and oxygen atoms in total. The summed E-state index contributed by atoms with van der Waals surface area (Å²) >= 11 is 0. The van der Waals surface area contributed by atoms with Gasteiger partial charge in [-0.2, -0.15) is 0 Å². The average molecular weight is 202 g/mol. The largest absolute Gasteiger partial charge is 0.372 e. The van der Waals surface area contributed by atoms with E-state index in [9.17, 15) is 4.79 Å². The molecule has 0 spiro atoms. The minimum absolute atomic E-state index is 0.0285. The summed E-state index contributed by atoms with van der Waals surface area (Å²) in [5, 5.41) is 6.98. The van der Waals surface area contributed by atoms with E-state index in [2.05, 4.69) is 20.6 Å². The van der Waals surface area contributed by atoms with Crippen LogP contribution in [0.5, 0.6) is 0 Å². The second-order valence-electron chi connectivity index (χ2n) is 3.64. The molecule has 1 aliphatic heterocycles. The molecule has 5 heteroatoms. The first kappa shape index (κ1) is 8.28. The van der Waals surface area contributed by atoms with Crippen LogP contribution in [0.2, 0.25) is 0 Å². The average Bonchev–Trinajstić information content (AvgIpc) is 2.68. The number of carbonyl (C=O) groups excluding carboxylic acids is 1. The number of fused-ring (bicyclic) bond motifs is 3. The summed E-state index contributed by atoms with van der Waals surface area (Å²) in [6.45, 7) is 1.83. The Morgan fingerprint density at radius 2 is 2.33 bits per heavy atom. The fourth-order valence-corrected chi connectivity index (χ4v) is 1.78. The number of nitrogens with zero attached hydrogens (tertiary/aromatic N) is 1. The van der Waals surface area contributed by atoms with Crippen LogP contribution < -0.4 is 10.6 Å². The molecule has 2 aromatic rings. The van der Waals surface area contributed by atoms with E-state index in [0.717, 1.165) is 22.4 Å². The van der Waals surface area contributed by atoms with Crippen LogP contribution in [0.4, 0.5) is 11.4 Å². The van der Waals surface area contributed by atoms with E-state index in [0.29, 0.717) is 0 Å². The fourth-order valence-electron chi connectivity index (χ4n) is 1.78. The summed E-state index contributed by atoms with van der Waals surface area (Å²) in [5.74, 6) is -0.0285. The van der Waals surface area contributed by atoms with Gasteiger partial charge in [0.1, 0.15) is 11.7 Å². The van der Waals surface area contributed by atoms with Crippen molar-refractivity contribution in [1.82, 2.24) is 9.97 Å². The minimum atomic E-state index is -0.210. The van der Waals surface area contributed by atoms with E-state index in [4.69, 9.17) is 0 Å². The Hall–Kier alpha value is -2.04. The normalized spacial score (nSPS) is 19.5. The van der Waals surface area contributed by atoms with Gasteiger partial charge in [-0.3, -0.25) is 4.79 Å². The molecule has 1 aliphatic rings. The van der Waals surface area contributed by atoms with E-state index >= 15 is 0 Å². The van der Waals surface area contributed by atoms with Crippen LogP contribution in [0.1, 0.15) is 6.92 Å². The zero-order valence-electron chi connectivity index (χ0n) is 8.16. The van der Waals surface area contributed by atoms with Crippen molar-refractivity contribution < 1.29 is 4.79 Å². The second-order valence-corrected chi connectivity index (χ2v) is 3.64. The van der Waals surface area contributed by atoms with Gasteiger partial charge in [0, 0.05) is 11.6 Å². The molecule has 0 aromatic carbocycles. The molecule has 15 heavy (non-hydrogen) atoms. The van der Waals surface area contributed by atoms with Gasteiger partial charge in [0.15, 0.2) is 0 Å². The summed E-state index contributed by atoms with van der Waals surface area (Å²) < 4.78 is 0. The first-order valence-corrected chi connectivity index (χ1v) is 4.79. The van der Waals surface area contributed by atoms with Crippen molar-refractivity contribution in [3.63, 3.8) is 0 Å². The molecule has 3 N–H and O–H groups in total. The summed E-state index contributed by atoms with van der Waals surface area (Å²) in [6.07, 6.45) is 3.49. The molecule has 1 amide bonds. The summed E-state index contributed by atoms with van der Waals surface area (Å²) in [6, 6.07) is 1.73. The number of amides is 1. The van der Waals surface area contributed by atoms with Gasteiger partial charge in [-0.1, -0.05) is 0 Å². The smallest absolute Gasteiger partial charge is 0.246 e. The van der Waals surface area contributed by atoms with Gasteiger partial charge in [0.2, 0.25) is 5.91 Å². The second kappa shape index (κ2) is 2.73. The lowest BCUT2D eigenvalue weighted by molar-refractivity contribution is -0.116. The highest BCUT2D eigenvalue weighted by Crippen LogP contribution is 2.32. The Bertz CT molecular complexity index is 545. The zero-order valence-corrected chi connectivity index (χ0v) is 8.16. The molecular formula is C10H10N4O. The van der Waals surface area contributed by atoms with Gasteiger partial charge >= 0.3 is 0 Å². The number of carbonyl (C=O) groups is 1. The van der Waals surface area contributed by atoms with Gasteiger partial charge < -0.3 is 15.6 Å². The molecule has 1 unspecified atom stereocenters. The van der Waals surface area contributed by atoms with Crippen LogP contribution in [0, 0.1) is 0 Å². The van der Waals surface area contributed by atoms with Gasteiger partial charge in [-0.05, 0) is 13.0 Å². The van der Waals surface area contributed by atoms with Gasteiger partial charge in [-0.15, -0.1) is 0 Å². The lowest BCUT2D eigenvalue weighted by Crippen LogP contribution is -2.36. The topological polar surface area (TPSA) is 69.8 Å². The molecule has 1 atom stereocenters. The van der Waals surface area contributed by atoms with Crippen molar-refractivity contribution >= 4 is 28.3 Å². The van der Waals surface area contributed by atoms with Gasteiger partial charge in [-0.25, -0.2) is 4.98 Å². The summed E-state index contributed by atoms with van der Waals surface area (Å²) in [7, 11) is 0. The maximum atomic E-state index is 11.4. The van der Waals surface area contributed by atoms with E-state index in [1.165, 1.54) is 0 Å². The van der Waals surface area contributed by atoms with Crippen LogP contribution >= 0.6 is 0 Å². The Balaban J connectivity index is 2.26. The molecule has 0 fully saturated rings. The van der Waals surface area contributed by atoms with E-state index in [1.807, 2.05) is 19.2 Å². The maximum Gasteiger partial charge on any atom is 0.246 e. The fraction of sp³-hybridized carbons (Fsp3) is 0.200. The molecule has 3 heterocycles. The number of H-pyrrole nitrogens is 1. The van der Waals surface area contributed by atoms with Crippen LogP contribution in [-0.2, 0) is 4.79 Å². The molecule has 2 aromatic heterocycles. The number of nitrogens with one attached hydrogen (secondary N) is 3. The number of anilines is 2. The summed E-state index contributed by atoms with van der Waals surface area (Å²) in [5.41, 5.74) is 2.50. The SMILES string of the molecule is CC1Nc2c(cnc3[nH]ccc23)NC1=O.